The molecule has 0 aliphatic carbocycles. The van der Waals surface area contributed by atoms with E-state index in [0.29, 0.717) is 23.7 Å². The summed E-state index contributed by atoms with van der Waals surface area (Å²) in [6.45, 7) is 18.2. The van der Waals surface area contributed by atoms with Crippen LogP contribution in [0.2, 0.25) is 0 Å². The van der Waals surface area contributed by atoms with E-state index in [4.69, 9.17) is 11.1 Å². The van der Waals surface area contributed by atoms with Gasteiger partial charge >= 0.3 is 0 Å². The van der Waals surface area contributed by atoms with Crippen LogP contribution < -0.4 is 15.6 Å². The van der Waals surface area contributed by atoms with Crippen LogP contribution in [-0.4, -0.2) is 7.38 Å². The van der Waals surface area contributed by atoms with Crippen LogP contribution in [0.25, 0.3) is 0 Å². The first-order valence-corrected chi connectivity index (χ1v) is 15.1. The maximum atomic E-state index is 7.96. The summed E-state index contributed by atoms with van der Waals surface area (Å²) in [7, 11) is -2.71. The van der Waals surface area contributed by atoms with Gasteiger partial charge in [0.25, 0.3) is 0 Å². The van der Waals surface area contributed by atoms with E-state index in [-0.39, 0.29) is 0 Å². The third kappa shape index (κ3) is 5.05. The Morgan fingerprint density at radius 3 is 1.06 bits per heavy atom. The zero-order valence-corrected chi connectivity index (χ0v) is 22.8. The largest absolute Gasteiger partial charge is 0.247 e. The predicted molar refractivity (Wildman–Crippen MR) is 146 cm³/mol. The van der Waals surface area contributed by atoms with Crippen molar-refractivity contribution in [2.75, 3.05) is 0 Å². The second-order valence-electron chi connectivity index (χ2n) is 10.4. The second kappa shape index (κ2) is 9.97. The van der Waals surface area contributed by atoms with E-state index in [2.05, 4.69) is 122 Å². The van der Waals surface area contributed by atoms with Gasteiger partial charge in [-0.1, -0.05) is 122 Å². The van der Waals surface area contributed by atoms with Gasteiger partial charge in [-0.3, -0.25) is 0 Å². The highest BCUT2D eigenvalue weighted by molar-refractivity contribution is 7.40. The molecule has 2 heteroatoms. The van der Waals surface area contributed by atoms with Crippen LogP contribution in [0.15, 0.2) is 66.7 Å². The predicted octanol–water partition coefficient (Wildman–Crippen LogP) is 7.39. The lowest BCUT2D eigenvalue weighted by atomic mass is 9.96. The molecule has 0 saturated heterocycles. The molecule has 170 valence electrons. The van der Waals surface area contributed by atoms with Gasteiger partial charge in [-0.15, -0.1) is 11.1 Å². The van der Waals surface area contributed by atoms with Crippen LogP contribution in [0.3, 0.4) is 0 Å². The molecule has 0 N–H and O–H groups in total. The lowest BCUT2D eigenvalue weighted by molar-refractivity contribution is 0.835. The summed E-state index contributed by atoms with van der Waals surface area (Å²) < 4.78 is 0. The lowest BCUT2D eigenvalue weighted by Crippen LogP contribution is -2.63. The van der Waals surface area contributed by atoms with Crippen LogP contribution in [0.1, 0.15) is 101 Å². The van der Waals surface area contributed by atoms with Crippen molar-refractivity contribution < 1.29 is 0 Å². The van der Waals surface area contributed by atoms with Crippen molar-refractivity contribution in [1.82, 2.24) is 0 Å². The van der Waals surface area contributed by atoms with Crippen LogP contribution in [-0.2, 0) is 0 Å². The topological polar surface area (TPSA) is 0 Å². The van der Waals surface area contributed by atoms with Crippen molar-refractivity contribution >= 4 is 34.0 Å². The standard InChI is InChI=1S/C30H39ClSi/c1-20(2)24-14-25(21(3)4)17-29(16-24)32(31,28-12-10-9-11-13-28)30-18-26(22(5)6)15-27(19-30)23(7)8/h9-23H,1-8H3. The molecular weight excluding hydrogens is 424 g/mol. The average Bonchev–Trinajstić information content (AvgIpc) is 2.78. The Labute approximate surface area is 201 Å². The summed E-state index contributed by atoms with van der Waals surface area (Å²) in [5, 5.41) is 3.86. The number of benzene rings is 3. The van der Waals surface area contributed by atoms with E-state index in [9.17, 15) is 0 Å². The fourth-order valence-corrected chi connectivity index (χ4v) is 8.40. The zero-order chi connectivity index (χ0) is 23.6. The molecule has 3 aromatic rings. The number of hydrogen-bond acceptors (Lipinski definition) is 0. The number of halogens is 1. The third-order valence-electron chi connectivity index (χ3n) is 6.59. The molecule has 0 aromatic heterocycles. The van der Waals surface area contributed by atoms with Crippen LogP contribution in [0.4, 0.5) is 0 Å². The van der Waals surface area contributed by atoms with Crippen molar-refractivity contribution in [1.29, 1.82) is 0 Å². The Hall–Kier alpha value is -1.83. The summed E-state index contributed by atoms with van der Waals surface area (Å²) in [5.74, 6) is 1.86. The van der Waals surface area contributed by atoms with E-state index in [1.807, 2.05) is 0 Å². The quantitative estimate of drug-likeness (QED) is 0.195. The highest BCUT2D eigenvalue weighted by Gasteiger charge is 2.39. The Morgan fingerprint density at radius 1 is 0.469 bits per heavy atom. The fraction of sp³-hybridized carbons (Fsp3) is 0.400. The van der Waals surface area contributed by atoms with Gasteiger partial charge < -0.3 is 0 Å². The van der Waals surface area contributed by atoms with Crippen molar-refractivity contribution in [2.45, 2.75) is 79.1 Å². The zero-order valence-electron chi connectivity index (χ0n) is 21.0. The molecule has 0 amide bonds. The van der Waals surface area contributed by atoms with E-state index >= 15 is 0 Å². The molecular formula is C30H39ClSi. The lowest BCUT2D eigenvalue weighted by Gasteiger charge is -2.30. The van der Waals surface area contributed by atoms with Crippen LogP contribution >= 0.6 is 11.1 Å². The van der Waals surface area contributed by atoms with Gasteiger partial charge in [-0.2, -0.15) is 0 Å². The Balaban J connectivity index is 2.39. The monoisotopic (exact) mass is 462 g/mol. The van der Waals surface area contributed by atoms with Gasteiger partial charge in [-0.25, -0.2) is 0 Å². The summed E-state index contributed by atoms with van der Waals surface area (Å²) in [6.07, 6.45) is 0. The van der Waals surface area contributed by atoms with Crippen LogP contribution in [0, 0.1) is 0 Å². The van der Waals surface area contributed by atoms with Gasteiger partial charge in [0.05, 0.1) is 0 Å². The molecule has 0 heterocycles. The minimum absolute atomic E-state index is 0.464. The first kappa shape index (κ1) is 24.8. The summed E-state index contributed by atoms with van der Waals surface area (Å²) in [4.78, 5) is 0. The van der Waals surface area contributed by atoms with Crippen LogP contribution in [0.5, 0.6) is 0 Å². The molecule has 0 aliphatic rings. The Bertz CT molecular complexity index is 932. The Kier molecular flexibility index (Phi) is 7.73. The van der Waals surface area contributed by atoms with E-state index in [1.165, 1.54) is 37.8 Å². The maximum Gasteiger partial charge on any atom is 0.247 e. The minimum Gasteiger partial charge on any atom is -0.149 e. The molecule has 0 atom stereocenters. The summed E-state index contributed by atoms with van der Waals surface area (Å²) in [6, 6.07) is 25.1. The first-order chi connectivity index (χ1) is 15.0. The smallest absolute Gasteiger partial charge is 0.149 e. The number of hydrogen-bond donors (Lipinski definition) is 0. The second-order valence-corrected chi connectivity index (χ2v) is 15.2. The first-order valence-electron chi connectivity index (χ1n) is 12.1. The molecule has 0 spiro atoms. The van der Waals surface area contributed by atoms with Crippen molar-refractivity contribution in [3.05, 3.63) is 89.0 Å². The van der Waals surface area contributed by atoms with Gasteiger partial charge in [0.15, 0.2) is 0 Å². The van der Waals surface area contributed by atoms with E-state index in [1.54, 1.807) is 0 Å². The van der Waals surface area contributed by atoms with Gasteiger partial charge in [-0.05, 0) is 61.5 Å². The average molecular weight is 463 g/mol. The Morgan fingerprint density at radius 2 is 0.781 bits per heavy atom. The highest BCUT2D eigenvalue weighted by Crippen LogP contribution is 2.26. The van der Waals surface area contributed by atoms with E-state index in [0.717, 1.165) is 0 Å². The molecule has 0 saturated carbocycles. The summed E-state index contributed by atoms with van der Waals surface area (Å²) in [5.41, 5.74) is 5.51. The minimum atomic E-state index is -2.71. The van der Waals surface area contributed by atoms with Crippen molar-refractivity contribution in [2.24, 2.45) is 0 Å². The fourth-order valence-electron chi connectivity index (χ4n) is 4.25. The molecule has 0 aliphatic heterocycles. The normalized spacial score (nSPS) is 12.4. The maximum absolute atomic E-state index is 7.96. The number of rotatable bonds is 7. The van der Waals surface area contributed by atoms with Gasteiger partial charge in [0, 0.05) is 0 Å². The third-order valence-corrected chi connectivity index (χ3v) is 11.9. The SMILES string of the molecule is CC(C)c1cc(C(C)C)cc([Si](Cl)(c2ccccc2)c2cc(C(C)C)cc(C(C)C)c2)c1. The van der Waals surface area contributed by atoms with Gasteiger partial charge in [0.1, 0.15) is 0 Å². The molecule has 0 unspecified atom stereocenters. The molecule has 32 heavy (non-hydrogen) atoms. The summed E-state index contributed by atoms with van der Waals surface area (Å²) >= 11 is 7.96. The van der Waals surface area contributed by atoms with Gasteiger partial charge in [0.2, 0.25) is 7.38 Å². The molecule has 3 aromatic carbocycles. The van der Waals surface area contributed by atoms with E-state index < -0.39 is 7.38 Å². The molecule has 0 nitrogen and oxygen atoms in total. The molecule has 0 bridgehead atoms. The van der Waals surface area contributed by atoms with Crippen molar-refractivity contribution in [3.63, 3.8) is 0 Å². The molecule has 0 radical (unpaired) electrons. The van der Waals surface area contributed by atoms with Crippen molar-refractivity contribution in [3.8, 4) is 0 Å². The molecule has 0 fully saturated rings. The molecule has 3 rings (SSSR count). The highest BCUT2D eigenvalue weighted by atomic mass is 35.6.